The Hall–Kier alpha value is -6.99. The van der Waals surface area contributed by atoms with Gasteiger partial charge in [0.05, 0.1) is 69.2 Å². The van der Waals surface area contributed by atoms with Crippen LogP contribution in [0.4, 0.5) is 16.4 Å². The molecule has 360 valence electrons. The van der Waals surface area contributed by atoms with E-state index in [0.29, 0.717) is 53.3 Å². The number of carbonyl (C=O) groups excluding carboxylic acids is 1. The molecular weight excluding hydrogens is 877 g/mol. The number of nitriles is 2. The van der Waals surface area contributed by atoms with Crippen molar-refractivity contribution in [2.45, 2.75) is 116 Å². The van der Waals surface area contributed by atoms with Gasteiger partial charge in [-0.1, -0.05) is 0 Å². The molecule has 0 spiro atoms. The van der Waals surface area contributed by atoms with Crippen LogP contribution in [0, 0.1) is 36.5 Å². The minimum absolute atomic E-state index is 0.111. The molecule has 4 unspecified atom stereocenters. The molecule has 0 saturated carbocycles. The van der Waals surface area contributed by atoms with E-state index >= 15 is 0 Å². The second-order valence-corrected chi connectivity index (χ2v) is 20.9. The number of anilines is 2. The highest BCUT2D eigenvalue weighted by Gasteiger charge is 2.49. The van der Waals surface area contributed by atoms with Crippen molar-refractivity contribution >= 4 is 28.8 Å². The monoisotopic (exact) mass is 936 g/mol. The fraction of sp³-hybridized carbons (Fsp3) is 0.471. The van der Waals surface area contributed by atoms with Crippen LogP contribution in [-0.4, -0.2) is 131 Å². The molecule has 6 aromatic heterocycles. The van der Waals surface area contributed by atoms with Gasteiger partial charge in [-0.25, -0.2) is 23.8 Å². The van der Waals surface area contributed by atoms with Crippen molar-refractivity contribution in [1.29, 1.82) is 10.5 Å². The molecule has 0 aliphatic carbocycles. The second kappa shape index (κ2) is 17.8. The molecule has 4 atom stereocenters. The zero-order valence-corrected chi connectivity index (χ0v) is 40.7. The van der Waals surface area contributed by atoms with E-state index in [1.807, 2.05) is 82.1 Å². The van der Waals surface area contributed by atoms with Gasteiger partial charge in [0.1, 0.15) is 54.1 Å². The highest BCUT2D eigenvalue weighted by atomic mass is 16.6. The summed E-state index contributed by atoms with van der Waals surface area (Å²) in [6.45, 7) is 19.8. The third-order valence-electron chi connectivity index (χ3n) is 12.8. The summed E-state index contributed by atoms with van der Waals surface area (Å²) in [5.41, 5.74) is 4.71. The summed E-state index contributed by atoms with van der Waals surface area (Å²) in [7, 11) is 0. The summed E-state index contributed by atoms with van der Waals surface area (Å²) in [6.07, 6.45) is 8.73. The third-order valence-corrected chi connectivity index (χ3v) is 12.8. The average Bonchev–Trinajstić information content (AvgIpc) is 3.93. The molecular formula is C51H60N12O6. The van der Waals surface area contributed by atoms with Crippen LogP contribution in [0.2, 0.25) is 0 Å². The van der Waals surface area contributed by atoms with E-state index < -0.39 is 16.8 Å². The van der Waals surface area contributed by atoms with Crippen LogP contribution in [-0.2, 0) is 4.74 Å². The van der Waals surface area contributed by atoms with Crippen LogP contribution in [0.3, 0.4) is 0 Å². The predicted octanol–water partition coefficient (Wildman–Crippen LogP) is 6.20. The lowest BCUT2D eigenvalue weighted by Crippen LogP contribution is -2.70. The average molecular weight is 937 g/mol. The maximum absolute atomic E-state index is 12.6. The summed E-state index contributed by atoms with van der Waals surface area (Å²) in [6, 6.07) is 17.6. The number of pyridine rings is 4. The minimum atomic E-state index is -0.999. The highest BCUT2D eigenvalue weighted by molar-refractivity contribution is 5.87. The number of carbonyl (C=O) groups is 1. The first-order valence-corrected chi connectivity index (χ1v) is 23.4. The van der Waals surface area contributed by atoms with E-state index in [1.165, 1.54) is 6.42 Å². The topological polar surface area (TPSA) is 215 Å². The van der Waals surface area contributed by atoms with Crippen molar-refractivity contribution in [2.75, 3.05) is 49.2 Å². The molecule has 6 aliphatic rings. The number of nitrogens with one attached hydrogen (secondary N) is 1. The molecule has 69 heavy (non-hydrogen) atoms. The van der Waals surface area contributed by atoms with Crippen LogP contribution < -0.4 is 24.6 Å². The molecule has 3 N–H and O–H groups in total. The molecule has 6 aliphatic heterocycles. The number of hydrogen-bond acceptors (Lipinski definition) is 15. The number of nitrogens with zero attached hydrogens (tertiary/aromatic N) is 11. The number of ether oxygens (including phenoxy) is 3. The van der Waals surface area contributed by atoms with Crippen LogP contribution >= 0.6 is 0 Å². The molecule has 6 aromatic rings. The molecule has 6 fully saturated rings. The normalized spacial score (nSPS) is 19.8. The third kappa shape index (κ3) is 9.70. The van der Waals surface area contributed by atoms with E-state index in [2.05, 4.69) is 37.5 Å². The Kier molecular flexibility index (Phi) is 12.2. The van der Waals surface area contributed by atoms with Gasteiger partial charge in [-0.05, 0) is 112 Å². The summed E-state index contributed by atoms with van der Waals surface area (Å²) in [4.78, 5) is 28.5. The zero-order chi connectivity index (χ0) is 49.2. The second-order valence-electron chi connectivity index (χ2n) is 20.9. The van der Waals surface area contributed by atoms with Gasteiger partial charge in [0.25, 0.3) is 0 Å². The molecule has 18 heteroatoms. The first-order chi connectivity index (χ1) is 32.7. The standard InChI is InChI=1S/C28H34N6O4.C23H26N6O2/c1-17-23(37-16-28(5,6)36)10-22(25-19(11-29)13-31-34(17)25)18-7-8-24(30-12-18)32-14-20-9-21(15-32)33(20)26(35)38-27(2,3)4;1-14-20(31-13-23(2,3)30)7-19(22-16(8-24)10-26-29(14)22)15-4-5-21(25-9-15)28-11-17-6-18(12-28)27-17/h7-8,10,12-13,20-21,36H,9,14-16H2,1-6H3;4-5,7,9-10,17-18,27,30H,6,11-13H2,1-3H3. The maximum atomic E-state index is 12.6. The number of aryl methyl sites for hydroxylation is 2. The SMILES string of the molecule is Cc1c(OCC(C)(C)O)cc(-c2ccc(N3CC4CC(C3)N4)nc2)c2c(C#N)cnn12.Cc1c(OCC(C)(C)O)cc(-c2ccc(N3CC4CC(C3)N4C(=O)OC(C)(C)C)nc2)c2c(C#N)cnn12. The number of hydrogen-bond donors (Lipinski definition) is 3. The van der Waals surface area contributed by atoms with Crippen molar-refractivity contribution in [3.8, 4) is 45.9 Å². The van der Waals surface area contributed by atoms with Crippen molar-refractivity contribution in [3.63, 3.8) is 0 Å². The number of aromatic nitrogens is 6. The van der Waals surface area contributed by atoms with Crippen LogP contribution in [0.15, 0.2) is 61.2 Å². The fourth-order valence-corrected chi connectivity index (χ4v) is 9.52. The van der Waals surface area contributed by atoms with Crippen molar-refractivity contribution in [3.05, 3.63) is 83.7 Å². The molecule has 0 radical (unpaired) electrons. The molecule has 18 nitrogen and oxygen atoms in total. The van der Waals surface area contributed by atoms with E-state index in [9.17, 15) is 25.5 Å². The lowest BCUT2D eigenvalue weighted by Gasteiger charge is -2.56. The number of amides is 1. The Morgan fingerprint density at radius 1 is 0.696 bits per heavy atom. The van der Waals surface area contributed by atoms with Crippen molar-refractivity contribution < 1.29 is 29.2 Å². The van der Waals surface area contributed by atoms with E-state index in [1.54, 1.807) is 55.3 Å². The van der Waals surface area contributed by atoms with Gasteiger partial charge in [0.15, 0.2) is 0 Å². The lowest BCUT2D eigenvalue weighted by molar-refractivity contribution is -0.0380. The lowest BCUT2D eigenvalue weighted by atomic mass is 9.88. The summed E-state index contributed by atoms with van der Waals surface area (Å²) in [5.74, 6) is 2.99. The number of fused-ring (bicyclic) bond motifs is 6. The molecule has 0 aromatic carbocycles. The Labute approximate surface area is 401 Å². The highest BCUT2D eigenvalue weighted by Crippen LogP contribution is 2.38. The first kappa shape index (κ1) is 47.1. The smallest absolute Gasteiger partial charge is 0.410 e. The van der Waals surface area contributed by atoms with E-state index in [-0.39, 0.29) is 31.4 Å². The summed E-state index contributed by atoms with van der Waals surface area (Å²) >= 11 is 0. The van der Waals surface area contributed by atoms with Crippen LogP contribution in [0.5, 0.6) is 11.5 Å². The van der Waals surface area contributed by atoms with E-state index in [0.717, 1.165) is 70.3 Å². The largest absolute Gasteiger partial charge is 0.489 e. The maximum Gasteiger partial charge on any atom is 0.410 e. The van der Waals surface area contributed by atoms with Gasteiger partial charge in [-0.2, -0.15) is 20.7 Å². The van der Waals surface area contributed by atoms with Crippen molar-refractivity contribution in [1.82, 2.24) is 39.4 Å². The quantitative estimate of drug-likeness (QED) is 0.139. The Balaban J connectivity index is 0.000000175. The molecule has 6 saturated heterocycles. The van der Waals surface area contributed by atoms with Crippen LogP contribution in [0.25, 0.3) is 33.3 Å². The van der Waals surface area contributed by atoms with Gasteiger partial charge >= 0.3 is 6.09 Å². The number of rotatable bonds is 10. The first-order valence-electron chi connectivity index (χ1n) is 23.4. The van der Waals surface area contributed by atoms with Gasteiger partial charge in [-0.15, -0.1) is 0 Å². The summed E-state index contributed by atoms with van der Waals surface area (Å²) in [5, 5.41) is 51.9. The molecule has 4 bridgehead atoms. The van der Waals surface area contributed by atoms with Gasteiger partial charge in [0.2, 0.25) is 0 Å². The van der Waals surface area contributed by atoms with Gasteiger partial charge in [-0.3, -0.25) is 4.90 Å². The molecule has 1 amide bonds. The van der Waals surface area contributed by atoms with Crippen LogP contribution in [0.1, 0.15) is 83.8 Å². The molecule has 12 rings (SSSR count). The molecule has 12 heterocycles. The Morgan fingerprint density at radius 2 is 1.13 bits per heavy atom. The number of piperazine rings is 2. The van der Waals surface area contributed by atoms with Gasteiger partial charge in [0, 0.05) is 72.9 Å². The Bertz CT molecular complexity index is 2960. The van der Waals surface area contributed by atoms with Crippen molar-refractivity contribution in [2.24, 2.45) is 0 Å². The summed E-state index contributed by atoms with van der Waals surface area (Å²) < 4.78 is 20.9. The van der Waals surface area contributed by atoms with E-state index in [4.69, 9.17) is 24.2 Å². The zero-order valence-electron chi connectivity index (χ0n) is 40.7. The predicted molar refractivity (Wildman–Crippen MR) is 259 cm³/mol. The van der Waals surface area contributed by atoms with Gasteiger partial charge < -0.3 is 39.5 Å². The number of piperidine rings is 2. The fourth-order valence-electron chi connectivity index (χ4n) is 9.52. The Morgan fingerprint density at radius 3 is 1.51 bits per heavy atom. The minimum Gasteiger partial charge on any atom is -0.489 e. The number of aliphatic hydroxyl groups is 2.